The van der Waals surface area contributed by atoms with Crippen molar-refractivity contribution in [2.75, 3.05) is 13.2 Å². The molecule has 1 saturated heterocycles. The zero-order chi connectivity index (χ0) is 9.38. The Labute approximate surface area is 80.7 Å². The molecule has 2 aromatic heterocycles. The summed E-state index contributed by atoms with van der Waals surface area (Å²) < 4.78 is 7.05. The molecule has 2 aromatic rings. The Morgan fingerprint density at radius 3 is 3.29 bits per heavy atom. The van der Waals surface area contributed by atoms with Gasteiger partial charge in [0.25, 0.3) is 0 Å². The van der Waals surface area contributed by atoms with Crippen molar-refractivity contribution >= 4 is 5.52 Å². The van der Waals surface area contributed by atoms with Gasteiger partial charge in [-0.1, -0.05) is 0 Å². The monoisotopic (exact) mass is 190 g/mol. The van der Waals surface area contributed by atoms with Gasteiger partial charge in [-0.05, 0) is 6.42 Å². The van der Waals surface area contributed by atoms with Gasteiger partial charge in [0.05, 0.1) is 19.0 Å². The fourth-order valence-electron chi connectivity index (χ4n) is 1.67. The molecule has 3 rings (SSSR count). The Hall–Kier alpha value is -1.49. The number of rotatable bonds is 1. The highest BCUT2D eigenvalue weighted by atomic mass is 16.5. The van der Waals surface area contributed by atoms with Gasteiger partial charge in [0.1, 0.15) is 11.8 Å². The van der Waals surface area contributed by atoms with Crippen molar-refractivity contribution in [3.05, 3.63) is 24.5 Å². The summed E-state index contributed by atoms with van der Waals surface area (Å²) >= 11 is 0. The van der Waals surface area contributed by atoms with E-state index in [0.717, 1.165) is 31.0 Å². The van der Waals surface area contributed by atoms with E-state index in [9.17, 15) is 0 Å². The molecule has 0 aromatic carbocycles. The van der Waals surface area contributed by atoms with Crippen molar-refractivity contribution in [3.8, 4) is 0 Å². The standard InChI is InChI=1S/C9H10N4O/c1-2-14-5-7(1)9-11-4-8-3-10-6-13(8)12-9/h3-4,6-7H,1-2,5H2/t7-/m0/s1. The lowest BCUT2D eigenvalue weighted by Crippen LogP contribution is -2.06. The van der Waals surface area contributed by atoms with Gasteiger partial charge in [0, 0.05) is 12.5 Å². The summed E-state index contributed by atoms with van der Waals surface area (Å²) in [6.45, 7) is 1.55. The van der Waals surface area contributed by atoms with E-state index in [-0.39, 0.29) is 0 Å². The topological polar surface area (TPSA) is 52.3 Å². The first-order valence-corrected chi connectivity index (χ1v) is 4.66. The lowest BCUT2D eigenvalue weighted by Gasteiger charge is -2.04. The molecule has 1 aliphatic rings. The predicted molar refractivity (Wildman–Crippen MR) is 49.0 cm³/mol. The summed E-state index contributed by atoms with van der Waals surface area (Å²) in [4.78, 5) is 8.31. The number of nitrogens with zero attached hydrogens (tertiary/aromatic N) is 4. The summed E-state index contributed by atoms with van der Waals surface area (Å²) in [7, 11) is 0. The zero-order valence-electron chi connectivity index (χ0n) is 7.63. The lowest BCUT2D eigenvalue weighted by atomic mass is 10.1. The van der Waals surface area contributed by atoms with Crippen molar-refractivity contribution in [1.29, 1.82) is 0 Å². The molecule has 0 saturated carbocycles. The van der Waals surface area contributed by atoms with Crippen LogP contribution in [-0.4, -0.2) is 32.8 Å². The van der Waals surface area contributed by atoms with Crippen molar-refractivity contribution in [3.63, 3.8) is 0 Å². The van der Waals surface area contributed by atoms with E-state index in [1.165, 1.54) is 0 Å². The molecule has 14 heavy (non-hydrogen) atoms. The second-order valence-electron chi connectivity index (χ2n) is 3.44. The van der Waals surface area contributed by atoms with Crippen molar-refractivity contribution < 1.29 is 4.74 Å². The van der Waals surface area contributed by atoms with Gasteiger partial charge < -0.3 is 4.74 Å². The van der Waals surface area contributed by atoms with Gasteiger partial charge in [-0.25, -0.2) is 14.5 Å². The second-order valence-corrected chi connectivity index (χ2v) is 3.44. The fraction of sp³-hybridized carbons (Fsp3) is 0.444. The van der Waals surface area contributed by atoms with Gasteiger partial charge in [0.15, 0.2) is 5.82 Å². The van der Waals surface area contributed by atoms with Gasteiger partial charge in [-0.15, -0.1) is 0 Å². The van der Waals surface area contributed by atoms with Crippen LogP contribution in [0.5, 0.6) is 0 Å². The number of fused-ring (bicyclic) bond motifs is 1. The molecule has 5 heteroatoms. The van der Waals surface area contributed by atoms with Gasteiger partial charge >= 0.3 is 0 Å². The van der Waals surface area contributed by atoms with E-state index in [4.69, 9.17) is 4.74 Å². The fourth-order valence-corrected chi connectivity index (χ4v) is 1.67. The molecule has 0 unspecified atom stereocenters. The summed E-state index contributed by atoms with van der Waals surface area (Å²) in [5, 5.41) is 4.38. The van der Waals surface area contributed by atoms with Crippen LogP contribution in [0, 0.1) is 0 Å². The molecule has 1 atom stereocenters. The van der Waals surface area contributed by atoms with E-state index in [2.05, 4.69) is 15.1 Å². The Kier molecular flexibility index (Phi) is 1.70. The molecule has 0 N–H and O–H groups in total. The molecule has 3 heterocycles. The molecule has 0 spiro atoms. The van der Waals surface area contributed by atoms with Crippen LogP contribution in [0.3, 0.4) is 0 Å². The van der Waals surface area contributed by atoms with E-state index in [1.54, 1.807) is 23.2 Å². The lowest BCUT2D eigenvalue weighted by molar-refractivity contribution is 0.193. The molecule has 1 aliphatic heterocycles. The predicted octanol–water partition coefficient (Wildman–Crippen LogP) is 0.628. The summed E-state index contributed by atoms with van der Waals surface area (Å²) in [6.07, 6.45) is 6.25. The smallest absolute Gasteiger partial charge is 0.154 e. The Bertz CT molecular complexity index is 447. The van der Waals surface area contributed by atoms with Crippen LogP contribution in [0.1, 0.15) is 18.2 Å². The minimum Gasteiger partial charge on any atom is -0.381 e. The van der Waals surface area contributed by atoms with Crippen LogP contribution < -0.4 is 0 Å². The Morgan fingerprint density at radius 2 is 2.43 bits per heavy atom. The zero-order valence-corrected chi connectivity index (χ0v) is 7.63. The SMILES string of the molecule is c1ncn2nc([C@H]3CCOC3)ncc12. The van der Waals surface area contributed by atoms with Crippen LogP contribution in [0.4, 0.5) is 0 Å². The minimum absolute atomic E-state index is 0.349. The van der Waals surface area contributed by atoms with Gasteiger partial charge in [-0.2, -0.15) is 5.10 Å². The summed E-state index contributed by atoms with van der Waals surface area (Å²) in [6, 6.07) is 0. The molecule has 72 valence electrons. The first-order valence-electron chi connectivity index (χ1n) is 4.66. The number of aromatic nitrogens is 4. The molecule has 0 amide bonds. The second kappa shape index (κ2) is 3.02. The molecular formula is C9H10N4O. The average Bonchev–Trinajstić information content (AvgIpc) is 2.88. The van der Waals surface area contributed by atoms with Crippen LogP contribution in [0.15, 0.2) is 18.7 Å². The number of ether oxygens (including phenoxy) is 1. The maximum absolute atomic E-state index is 5.30. The maximum Gasteiger partial charge on any atom is 0.154 e. The third-order valence-corrected chi connectivity index (χ3v) is 2.48. The van der Waals surface area contributed by atoms with E-state index in [0.29, 0.717) is 5.92 Å². The molecule has 5 nitrogen and oxygen atoms in total. The number of imidazole rings is 1. The normalized spacial score (nSPS) is 21.9. The van der Waals surface area contributed by atoms with E-state index >= 15 is 0 Å². The van der Waals surface area contributed by atoms with Crippen LogP contribution in [0.2, 0.25) is 0 Å². The largest absolute Gasteiger partial charge is 0.381 e. The maximum atomic E-state index is 5.30. The molecule has 1 fully saturated rings. The summed E-state index contributed by atoms with van der Waals surface area (Å²) in [5.74, 6) is 1.20. The first-order chi connectivity index (χ1) is 6.93. The highest BCUT2D eigenvalue weighted by Crippen LogP contribution is 2.21. The van der Waals surface area contributed by atoms with E-state index in [1.807, 2.05) is 0 Å². The quantitative estimate of drug-likeness (QED) is 0.661. The van der Waals surface area contributed by atoms with Gasteiger partial charge in [0.2, 0.25) is 0 Å². The number of hydrogen-bond donors (Lipinski definition) is 0. The van der Waals surface area contributed by atoms with Crippen LogP contribution in [-0.2, 0) is 4.74 Å². The highest BCUT2D eigenvalue weighted by molar-refractivity contribution is 5.39. The van der Waals surface area contributed by atoms with Crippen molar-refractivity contribution in [2.45, 2.75) is 12.3 Å². The Morgan fingerprint density at radius 1 is 1.43 bits per heavy atom. The minimum atomic E-state index is 0.349. The molecule has 0 bridgehead atoms. The number of hydrogen-bond acceptors (Lipinski definition) is 4. The van der Waals surface area contributed by atoms with Crippen LogP contribution >= 0.6 is 0 Å². The third kappa shape index (κ3) is 1.17. The van der Waals surface area contributed by atoms with Crippen molar-refractivity contribution in [1.82, 2.24) is 19.6 Å². The molecule has 0 radical (unpaired) electrons. The molecule has 0 aliphatic carbocycles. The van der Waals surface area contributed by atoms with E-state index < -0.39 is 0 Å². The van der Waals surface area contributed by atoms with Crippen LogP contribution in [0.25, 0.3) is 5.52 Å². The average molecular weight is 190 g/mol. The highest BCUT2D eigenvalue weighted by Gasteiger charge is 2.20. The van der Waals surface area contributed by atoms with Gasteiger partial charge in [-0.3, -0.25) is 0 Å². The first kappa shape index (κ1) is 7.87. The van der Waals surface area contributed by atoms with Crippen molar-refractivity contribution in [2.24, 2.45) is 0 Å². The third-order valence-electron chi connectivity index (χ3n) is 2.48. The molecular weight excluding hydrogens is 180 g/mol. The summed E-state index contributed by atoms with van der Waals surface area (Å²) in [5.41, 5.74) is 0.924. The Balaban J connectivity index is 2.04.